The van der Waals surface area contributed by atoms with Crippen molar-refractivity contribution in [3.8, 4) is 17.2 Å². The van der Waals surface area contributed by atoms with Crippen molar-refractivity contribution < 1.29 is 19.0 Å². The van der Waals surface area contributed by atoms with Gasteiger partial charge in [-0.3, -0.25) is 9.69 Å². The minimum Gasteiger partial charge on any atom is -0.494 e. The zero-order valence-electron chi connectivity index (χ0n) is 16.9. The second-order valence-corrected chi connectivity index (χ2v) is 7.39. The van der Waals surface area contributed by atoms with E-state index in [1.807, 2.05) is 37.3 Å². The molecule has 1 N–H and O–H groups in total. The molecule has 1 fully saturated rings. The lowest BCUT2D eigenvalue weighted by atomic mass is 10.0. The van der Waals surface area contributed by atoms with Crippen molar-refractivity contribution in [3.63, 3.8) is 0 Å². The molecule has 6 nitrogen and oxygen atoms in total. The van der Waals surface area contributed by atoms with Gasteiger partial charge in [0.05, 0.1) is 13.2 Å². The number of benzene rings is 2. The predicted octanol–water partition coefficient (Wildman–Crippen LogP) is 3.31. The predicted molar refractivity (Wildman–Crippen MR) is 110 cm³/mol. The summed E-state index contributed by atoms with van der Waals surface area (Å²) in [5, 5.41) is 3.04. The molecule has 0 aliphatic carbocycles. The molecule has 1 amide bonds. The van der Waals surface area contributed by atoms with Gasteiger partial charge < -0.3 is 19.5 Å². The van der Waals surface area contributed by atoms with Crippen LogP contribution in [0.15, 0.2) is 42.5 Å². The molecule has 1 atom stereocenters. The average molecular weight is 396 g/mol. The first-order valence-electron chi connectivity index (χ1n) is 10.3. The fourth-order valence-corrected chi connectivity index (χ4v) is 4.01. The number of carbonyl (C=O) groups excluding carboxylic acids is 1. The van der Waals surface area contributed by atoms with E-state index in [1.54, 1.807) is 0 Å². The summed E-state index contributed by atoms with van der Waals surface area (Å²) in [6.45, 7) is 5.58. The Morgan fingerprint density at radius 2 is 2.03 bits per heavy atom. The molecule has 0 radical (unpaired) electrons. The topological polar surface area (TPSA) is 60.0 Å². The van der Waals surface area contributed by atoms with Crippen LogP contribution in [0.5, 0.6) is 17.2 Å². The molecule has 154 valence electrons. The lowest BCUT2D eigenvalue weighted by Crippen LogP contribution is -2.36. The molecule has 1 saturated heterocycles. The van der Waals surface area contributed by atoms with Gasteiger partial charge in [-0.25, -0.2) is 0 Å². The number of ether oxygens (including phenoxy) is 3. The van der Waals surface area contributed by atoms with Gasteiger partial charge in [-0.1, -0.05) is 18.2 Å². The Kier molecular flexibility index (Phi) is 6.20. The molecule has 2 aliphatic heterocycles. The zero-order valence-corrected chi connectivity index (χ0v) is 16.9. The molecule has 0 bridgehead atoms. The summed E-state index contributed by atoms with van der Waals surface area (Å²) in [5.74, 6) is 2.48. The summed E-state index contributed by atoms with van der Waals surface area (Å²) in [5.41, 5.74) is 2.22. The Hall–Kier alpha value is -2.73. The molecule has 6 heteroatoms. The maximum absolute atomic E-state index is 12.6. The Morgan fingerprint density at radius 3 is 2.90 bits per heavy atom. The highest BCUT2D eigenvalue weighted by Gasteiger charge is 2.28. The molecule has 0 aromatic heterocycles. The van der Waals surface area contributed by atoms with Gasteiger partial charge >= 0.3 is 0 Å². The van der Waals surface area contributed by atoms with E-state index in [-0.39, 0.29) is 11.9 Å². The van der Waals surface area contributed by atoms with Crippen LogP contribution in [0.4, 0.5) is 0 Å². The quantitative estimate of drug-likeness (QED) is 0.778. The number of nitrogens with one attached hydrogen (secondary N) is 1. The van der Waals surface area contributed by atoms with Crippen molar-refractivity contribution in [3.05, 3.63) is 53.6 Å². The molecule has 0 spiro atoms. The number of carbonyl (C=O) groups is 1. The monoisotopic (exact) mass is 396 g/mol. The average Bonchev–Trinajstić information content (AvgIpc) is 3.20. The van der Waals surface area contributed by atoms with E-state index in [4.69, 9.17) is 14.2 Å². The molecule has 0 saturated carbocycles. The van der Waals surface area contributed by atoms with Crippen LogP contribution in [-0.2, 0) is 11.3 Å². The van der Waals surface area contributed by atoms with Gasteiger partial charge in [-0.2, -0.15) is 0 Å². The highest BCUT2D eigenvalue weighted by molar-refractivity contribution is 5.78. The second kappa shape index (κ2) is 9.18. The van der Waals surface area contributed by atoms with Crippen LogP contribution in [0.1, 0.15) is 36.9 Å². The van der Waals surface area contributed by atoms with E-state index in [9.17, 15) is 4.79 Å². The SMILES string of the molecule is CCOc1cccc(CNC(=O)CN2CCCC2c2ccc3c(c2)OCCO3)c1. The fraction of sp³-hybridized carbons (Fsp3) is 0.435. The number of hydrogen-bond acceptors (Lipinski definition) is 5. The summed E-state index contributed by atoms with van der Waals surface area (Å²) >= 11 is 0. The van der Waals surface area contributed by atoms with Crippen LogP contribution in [0.3, 0.4) is 0 Å². The van der Waals surface area contributed by atoms with E-state index in [0.29, 0.717) is 32.9 Å². The van der Waals surface area contributed by atoms with Gasteiger partial charge in [0.1, 0.15) is 19.0 Å². The summed E-state index contributed by atoms with van der Waals surface area (Å²) in [6, 6.07) is 14.2. The molecule has 2 aromatic rings. The summed E-state index contributed by atoms with van der Waals surface area (Å²) in [4.78, 5) is 14.8. The normalized spacial score (nSPS) is 18.4. The first kappa shape index (κ1) is 19.6. The maximum atomic E-state index is 12.6. The minimum absolute atomic E-state index is 0.0382. The maximum Gasteiger partial charge on any atom is 0.234 e. The largest absolute Gasteiger partial charge is 0.494 e. The lowest BCUT2D eigenvalue weighted by Gasteiger charge is -2.26. The molecular weight excluding hydrogens is 368 g/mol. The van der Waals surface area contributed by atoms with Gasteiger partial charge in [-0.05, 0) is 61.7 Å². The van der Waals surface area contributed by atoms with Crippen LogP contribution < -0.4 is 19.5 Å². The van der Waals surface area contributed by atoms with Crippen molar-refractivity contribution in [2.24, 2.45) is 0 Å². The number of amides is 1. The van der Waals surface area contributed by atoms with E-state index < -0.39 is 0 Å². The van der Waals surface area contributed by atoms with Crippen LogP contribution >= 0.6 is 0 Å². The molecular formula is C23H28N2O4. The van der Waals surface area contributed by atoms with Gasteiger partial charge in [0.15, 0.2) is 11.5 Å². The van der Waals surface area contributed by atoms with E-state index in [2.05, 4.69) is 22.3 Å². The van der Waals surface area contributed by atoms with Gasteiger partial charge in [0, 0.05) is 12.6 Å². The van der Waals surface area contributed by atoms with Crippen LogP contribution in [-0.4, -0.2) is 43.7 Å². The summed E-state index contributed by atoms with van der Waals surface area (Å²) in [7, 11) is 0. The molecule has 29 heavy (non-hydrogen) atoms. The van der Waals surface area contributed by atoms with Crippen LogP contribution in [0, 0.1) is 0 Å². The third kappa shape index (κ3) is 4.82. The van der Waals surface area contributed by atoms with Crippen molar-refractivity contribution in [1.29, 1.82) is 0 Å². The van der Waals surface area contributed by atoms with E-state index in [0.717, 1.165) is 42.2 Å². The van der Waals surface area contributed by atoms with E-state index >= 15 is 0 Å². The minimum atomic E-state index is 0.0382. The lowest BCUT2D eigenvalue weighted by molar-refractivity contribution is -0.122. The molecule has 2 aliphatic rings. The highest BCUT2D eigenvalue weighted by Crippen LogP contribution is 2.37. The highest BCUT2D eigenvalue weighted by atomic mass is 16.6. The molecule has 4 rings (SSSR count). The van der Waals surface area contributed by atoms with Gasteiger partial charge in [0.2, 0.25) is 5.91 Å². The fourth-order valence-electron chi connectivity index (χ4n) is 4.01. The first-order valence-corrected chi connectivity index (χ1v) is 10.3. The van der Waals surface area contributed by atoms with Crippen LogP contribution in [0.25, 0.3) is 0 Å². The number of fused-ring (bicyclic) bond motifs is 1. The van der Waals surface area contributed by atoms with Crippen LogP contribution in [0.2, 0.25) is 0 Å². The number of nitrogens with zero attached hydrogens (tertiary/aromatic N) is 1. The molecule has 2 heterocycles. The van der Waals surface area contributed by atoms with Gasteiger partial charge in [0.25, 0.3) is 0 Å². The smallest absolute Gasteiger partial charge is 0.234 e. The Bertz CT molecular complexity index is 855. The third-order valence-corrected chi connectivity index (χ3v) is 5.36. The third-order valence-electron chi connectivity index (χ3n) is 5.36. The Morgan fingerprint density at radius 1 is 1.17 bits per heavy atom. The zero-order chi connectivity index (χ0) is 20.1. The summed E-state index contributed by atoms with van der Waals surface area (Å²) in [6.07, 6.45) is 2.13. The standard InChI is InChI=1S/C23H28N2O4/c1-2-27-19-6-3-5-17(13-19)15-24-23(26)16-25-10-4-7-20(25)18-8-9-21-22(14-18)29-12-11-28-21/h3,5-6,8-9,13-14,20H,2,4,7,10-12,15-16H2,1H3,(H,24,26). The van der Waals surface area contributed by atoms with Gasteiger partial charge in [-0.15, -0.1) is 0 Å². The van der Waals surface area contributed by atoms with Crippen molar-refractivity contribution in [1.82, 2.24) is 10.2 Å². The molecule has 1 unspecified atom stereocenters. The Balaban J connectivity index is 1.34. The number of likely N-dealkylation sites (tertiary alicyclic amines) is 1. The van der Waals surface area contributed by atoms with Crippen molar-refractivity contribution in [2.75, 3.05) is 32.9 Å². The second-order valence-electron chi connectivity index (χ2n) is 7.39. The number of rotatable bonds is 7. The first-order chi connectivity index (χ1) is 14.2. The Labute approximate surface area is 171 Å². The van der Waals surface area contributed by atoms with Crippen molar-refractivity contribution in [2.45, 2.75) is 32.4 Å². The molecule has 2 aromatic carbocycles. The summed E-state index contributed by atoms with van der Waals surface area (Å²) < 4.78 is 16.9. The van der Waals surface area contributed by atoms with Crippen molar-refractivity contribution >= 4 is 5.91 Å². The van der Waals surface area contributed by atoms with E-state index in [1.165, 1.54) is 5.56 Å². The number of hydrogen-bond donors (Lipinski definition) is 1.